The lowest BCUT2D eigenvalue weighted by atomic mass is 9.88. The fraction of sp³-hybridized carbons (Fsp3) is 0.154. The predicted molar refractivity (Wildman–Crippen MR) is 72.9 cm³/mol. The molecule has 2 atom stereocenters. The molecule has 1 aromatic carbocycles. The molecule has 94 valence electrons. The molecule has 2 unspecified atom stereocenters. The van der Waals surface area contributed by atoms with Crippen LogP contribution in [0.4, 0.5) is 0 Å². The van der Waals surface area contributed by atoms with Crippen molar-refractivity contribution in [2.75, 3.05) is 0 Å². The van der Waals surface area contributed by atoms with Crippen LogP contribution in [0.2, 0.25) is 0 Å². The molecular formula is C13H9Cl3O2. The summed E-state index contributed by atoms with van der Waals surface area (Å²) in [6, 6.07) is 8.53. The number of benzene rings is 1. The smallest absolute Gasteiger partial charge is 0.188 e. The van der Waals surface area contributed by atoms with E-state index in [0.717, 1.165) is 0 Å². The lowest BCUT2D eigenvalue weighted by Gasteiger charge is -2.30. The number of halogens is 3. The molecule has 0 aliphatic heterocycles. The van der Waals surface area contributed by atoms with Gasteiger partial charge >= 0.3 is 0 Å². The van der Waals surface area contributed by atoms with Crippen molar-refractivity contribution in [1.29, 1.82) is 0 Å². The number of allylic oxidation sites excluding steroid dienone is 2. The minimum atomic E-state index is -1.95. The molecule has 0 spiro atoms. The number of Topliss-reactive ketones (excluding diaryl/α,β-unsaturated/α-hetero) is 1. The van der Waals surface area contributed by atoms with Crippen LogP contribution >= 0.6 is 34.8 Å². The average Bonchev–Trinajstić information content (AvgIpc) is 2.34. The van der Waals surface area contributed by atoms with Gasteiger partial charge in [0.25, 0.3) is 0 Å². The van der Waals surface area contributed by atoms with E-state index in [4.69, 9.17) is 34.8 Å². The maximum atomic E-state index is 12.3. The van der Waals surface area contributed by atoms with Gasteiger partial charge in [-0.05, 0) is 6.08 Å². The molecule has 0 bridgehead atoms. The number of hydrogen-bond donors (Lipinski definition) is 1. The lowest BCUT2D eigenvalue weighted by molar-refractivity contribution is 0.0752. The van der Waals surface area contributed by atoms with Gasteiger partial charge in [-0.25, -0.2) is 0 Å². The van der Waals surface area contributed by atoms with Crippen LogP contribution in [0, 0.1) is 5.92 Å². The van der Waals surface area contributed by atoms with Crippen LogP contribution in [0.5, 0.6) is 0 Å². The molecule has 0 radical (unpaired) electrons. The molecule has 0 saturated carbocycles. The van der Waals surface area contributed by atoms with E-state index in [1.807, 2.05) is 0 Å². The molecule has 2 rings (SSSR count). The third-order valence-corrected chi connectivity index (χ3v) is 3.85. The summed E-state index contributed by atoms with van der Waals surface area (Å²) in [6.07, 6.45) is 2.72. The highest BCUT2D eigenvalue weighted by Crippen LogP contribution is 2.41. The highest BCUT2D eigenvalue weighted by Gasteiger charge is 2.43. The molecule has 1 N–H and O–H groups in total. The summed E-state index contributed by atoms with van der Waals surface area (Å²) in [6.45, 7) is 0. The number of rotatable bonds is 2. The Morgan fingerprint density at radius 2 is 1.83 bits per heavy atom. The van der Waals surface area contributed by atoms with Gasteiger partial charge in [0.15, 0.2) is 10.8 Å². The zero-order valence-electron chi connectivity index (χ0n) is 9.11. The molecule has 0 fully saturated rings. The van der Waals surface area contributed by atoms with Crippen molar-refractivity contribution in [2.45, 2.75) is 5.06 Å². The minimum absolute atomic E-state index is 0.0639. The first-order valence-corrected chi connectivity index (χ1v) is 6.32. The second kappa shape index (κ2) is 5.06. The summed E-state index contributed by atoms with van der Waals surface area (Å²) in [7, 11) is 0. The summed E-state index contributed by atoms with van der Waals surface area (Å²) in [5.41, 5.74) is 0.439. The van der Waals surface area contributed by atoms with E-state index in [-0.39, 0.29) is 15.8 Å². The second-order valence-electron chi connectivity index (χ2n) is 3.93. The Kier molecular flexibility index (Phi) is 3.83. The SMILES string of the molecule is O=C(c1ccccc1)C1C=C(Cl)C=C(Cl)C1(O)Cl. The highest BCUT2D eigenvalue weighted by atomic mass is 35.5. The molecule has 1 aliphatic rings. The van der Waals surface area contributed by atoms with Gasteiger partial charge in [0.05, 0.1) is 11.0 Å². The molecule has 2 nitrogen and oxygen atoms in total. The summed E-state index contributed by atoms with van der Waals surface area (Å²) in [5, 5.41) is 8.36. The molecule has 5 heteroatoms. The highest BCUT2D eigenvalue weighted by molar-refractivity contribution is 6.42. The maximum Gasteiger partial charge on any atom is 0.188 e. The Morgan fingerprint density at radius 1 is 1.22 bits per heavy atom. The van der Waals surface area contributed by atoms with E-state index >= 15 is 0 Å². The average molecular weight is 304 g/mol. The molecule has 0 amide bonds. The van der Waals surface area contributed by atoms with Gasteiger partial charge in [0.2, 0.25) is 0 Å². The summed E-state index contributed by atoms with van der Waals surface area (Å²) >= 11 is 17.6. The Morgan fingerprint density at radius 3 is 2.44 bits per heavy atom. The fourth-order valence-electron chi connectivity index (χ4n) is 1.72. The van der Waals surface area contributed by atoms with Gasteiger partial charge < -0.3 is 5.11 Å². The van der Waals surface area contributed by atoms with Crippen LogP contribution < -0.4 is 0 Å². The summed E-state index contributed by atoms with van der Waals surface area (Å²) < 4.78 is 0. The van der Waals surface area contributed by atoms with Crippen molar-refractivity contribution in [3.05, 3.63) is 58.1 Å². The van der Waals surface area contributed by atoms with E-state index in [1.54, 1.807) is 30.3 Å². The van der Waals surface area contributed by atoms with E-state index in [9.17, 15) is 9.90 Å². The van der Waals surface area contributed by atoms with Crippen molar-refractivity contribution in [3.63, 3.8) is 0 Å². The van der Waals surface area contributed by atoms with Crippen molar-refractivity contribution >= 4 is 40.6 Å². The van der Waals surface area contributed by atoms with E-state index in [2.05, 4.69) is 0 Å². The first-order valence-electron chi connectivity index (χ1n) is 5.18. The molecule has 1 aromatic rings. The van der Waals surface area contributed by atoms with Crippen molar-refractivity contribution in [2.24, 2.45) is 5.92 Å². The zero-order chi connectivity index (χ0) is 13.3. The van der Waals surface area contributed by atoms with Gasteiger partial charge in [-0.15, -0.1) is 0 Å². The third-order valence-electron chi connectivity index (χ3n) is 2.68. The molecular weight excluding hydrogens is 294 g/mol. The molecule has 0 heterocycles. The summed E-state index contributed by atoms with van der Waals surface area (Å²) in [4.78, 5) is 12.3. The quantitative estimate of drug-likeness (QED) is 0.668. The zero-order valence-corrected chi connectivity index (χ0v) is 11.4. The monoisotopic (exact) mass is 302 g/mol. The van der Waals surface area contributed by atoms with Gasteiger partial charge in [-0.1, -0.05) is 71.2 Å². The second-order valence-corrected chi connectivity index (χ2v) is 5.34. The van der Waals surface area contributed by atoms with Crippen LogP contribution in [0.3, 0.4) is 0 Å². The van der Waals surface area contributed by atoms with Crippen LogP contribution in [0.25, 0.3) is 0 Å². The molecule has 18 heavy (non-hydrogen) atoms. The normalized spacial score (nSPS) is 27.4. The van der Waals surface area contributed by atoms with Crippen molar-refractivity contribution in [1.82, 2.24) is 0 Å². The van der Waals surface area contributed by atoms with E-state index < -0.39 is 11.0 Å². The van der Waals surface area contributed by atoms with Gasteiger partial charge in [0, 0.05) is 10.6 Å². The number of carbonyl (C=O) groups excluding carboxylic acids is 1. The molecule has 0 aromatic heterocycles. The Labute approximate surface area is 119 Å². The molecule has 1 aliphatic carbocycles. The predicted octanol–water partition coefficient (Wildman–Crippen LogP) is 3.67. The number of ketones is 1. The van der Waals surface area contributed by atoms with Crippen LogP contribution in [-0.4, -0.2) is 16.0 Å². The fourth-order valence-corrected chi connectivity index (χ4v) is 2.46. The lowest BCUT2D eigenvalue weighted by Crippen LogP contribution is -2.38. The topological polar surface area (TPSA) is 37.3 Å². The third kappa shape index (κ3) is 2.47. The van der Waals surface area contributed by atoms with Gasteiger partial charge in [-0.2, -0.15) is 0 Å². The first-order chi connectivity index (χ1) is 8.43. The maximum absolute atomic E-state index is 12.3. The van der Waals surface area contributed by atoms with E-state index in [0.29, 0.717) is 5.56 Å². The van der Waals surface area contributed by atoms with Crippen LogP contribution in [-0.2, 0) is 0 Å². The first kappa shape index (κ1) is 13.6. The van der Waals surface area contributed by atoms with Crippen LogP contribution in [0.1, 0.15) is 10.4 Å². The van der Waals surface area contributed by atoms with Crippen molar-refractivity contribution in [3.8, 4) is 0 Å². The number of aliphatic hydroxyl groups is 1. The number of carbonyl (C=O) groups is 1. The van der Waals surface area contributed by atoms with E-state index in [1.165, 1.54) is 12.2 Å². The number of hydrogen-bond acceptors (Lipinski definition) is 2. The Bertz CT molecular complexity index is 532. The van der Waals surface area contributed by atoms with Gasteiger partial charge in [-0.3, -0.25) is 4.79 Å². The largest absolute Gasteiger partial charge is 0.369 e. The standard InChI is InChI=1S/C13H9Cl3O2/c14-9-6-10(13(16,18)11(15)7-9)12(17)8-4-2-1-3-5-8/h1-7,10,18H. The minimum Gasteiger partial charge on any atom is -0.369 e. The number of alkyl halides is 1. The Balaban J connectivity index is 2.40. The van der Waals surface area contributed by atoms with Crippen molar-refractivity contribution < 1.29 is 9.90 Å². The van der Waals surface area contributed by atoms with Crippen LogP contribution in [0.15, 0.2) is 52.5 Å². The summed E-state index contributed by atoms with van der Waals surface area (Å²) in [5.74, 6) is -1.34. The molecule has 0 saturated heterocycles. The Hall–Kier alpha value is -0.800. The van der Waals surface area contributed by atoms with Gasteiger partial charge in [0.1, 0.15) is 0 Å².